The van der Waals surface area contributed by atoms with E-state index in [9.17, 15) is 9.18 Å². The van der Waals surface area contributed by atoms with Crippen molar-refractivity contribution in [3.8, 4) is 11.5 Å². The van der Waals surface area contributed by atoms with E-state index in [1.165, 1.54) is 12.4 Å². The number of methoxy groups -OCH3 is 1. The summed E-state index contributed by atoms with van der Waals surface area (Å²) in [6.45, 7) is 0.922. The third-order valence-electron chi connectivity index (χ3n) is 7.40. The zero-order valence-electron chi connectivity index (χ0n) is 20.8. The summed E-state index contributed by atoms with van der Waals surface area (Å²) in [5, 5.41) is 3.72. The Morgan fingerprint density at radius 2 is 1.95 bits per heavy atom. The topological polar surface area (TPSA) is 103 Å². The van der Waals surface area contributed by atoms with Gasteiger partial charge < -0.3 is 20.5 Å². The Morgan fingerprint density at radius 1 is 1.14 bits per heavy atom. The van der Waals surface area contributed by atoms with Gasteiger partial charge in [0.15, 0.2) is 17.3 Å². The molecule has 3 aromatic rings. The third-order valence-corrected chi connectivity index (χ3v) is 7.70. The maximum Gasteiger partial charge on any atom is 0.234 e. The molecule has 10 heteroatoms. The lowest BCUT2D eigenvalue weighted by Gasteiger charge is -2.42. The minimum absolute atomic E-state index is 0.00540. The standard InChI is InChI=1S/C27H31ClFN5O3/c1-36-23-14-21-18(27(32-15-31-21)33-20-6-4-5-19(28)25(20)29)13-24(23)37-17-10-8-16(9-11-17)34-12-3-2-7-22(34)26(30)35/h4-6,13-17,22H,2-3,7-12H2,1H3,(H2,30,35)(H,31,32,33)/t16-,17+,22-/m0/s1. The van der Waals surface area contributed by atoms with E-state index in [0.29, 0.717) is 34.3 Å². The average Bonchev–Trinajstić information content (AvgIpc) is 2.91. The molecule has 1 aliphatic heterocycles. The van der Waals surface area contributed by atoms with E-state index in [1.54, 1.807) is 25.3 Å². The van der Waals surface area contributed by atoms with E-state index in [2.05, 4.69) is 20.2 Å². The number of halogens is 2. The van der Waals surface area contributed by atoms with Crippen LogP contribution in [0.15, 0.2) is 36.7 Å². The highest BCUT2D eigenvalue weighted by molar-refractivity contribution is 6.31. The number of rotatable bonds is 7. The molecule has 0 radical (unpaired) electrons. The van der Waals surface area contributed by atoms with Gasteiger partial charge >= 0.3 is 0 Å². The zero-order chi connectivity index (χ0) is 25.9. The number of hydrogen-bond donors (Lipinski definition) is 2. The number of primary amides is 1. The number of hydrogen-bond acceptors (Lipinski definition) is 7. The maximum atomic E-state index is 14.5. The Bertz CT molecular complexity index is 1280. The van der Waals surface area contributed by atoms with Crippen LogP contribution in [0.5, 0.6) is 11.5 Å². The van der Waals surface area contributed by atoms with Crippen molar-refractivity contribution in [1.29, 1.82) is 0 Å². The molecular weight excluding hydrogens is 497 g/mol. The van der Waals surface area contributed by atoms with E-state index in [1.807, 2.05) is 6.07 Å². The third kappa shape index (κ3) is 5.43. The van der Waals surface area contributed by atoms with Crippen molar-refractivity contribution in [2.75, 3.05) is 19.0 Å². The highest BCUT2D eigenvalue weighted by atomic mass is 35.5. The van der Waals surface area contributed by atoms with E-state index in [0.717, 1.165) is 51.5 Å². The summed E-state index contributed by atoms with van der Waals surface area (Å²) in [4.78, 5) is 23.0. The molecule has 2 heterocycles. The summed E-state index contributed by atoms with van der Waals surface area (Å²) < 4.78 is 26.5. The number of benzene rings is 2. The second kappa shape index (κ2) is 11.1. The van der Waals surface area contributed by atoms with Gasteiger partial charge in [-0.25, -0.2) is 14.4 Å². The fourth-order valence-corrected chi connectivity index (χ4v) is 5.69. The lowest BCUT2D eigenvalue weighted by molar-refractivity contribution is -0.126. The number of aromatic nitrogens is 2. The van der Waals surface area contributed by atoms with Crippen LogP contribution in [-0.2, 0) is 4.79 Å². The first-order chi connectivity index (χ1) is 17.9. The van der Waals surface area contributed by atoms with Crippen LogP contribution in [0, 0.1) is 5.82 Å². The summed E-state index contributed by atoms with van der Waals surface area (Å²) in [7, 11) is 1.59. The summed E-state index contributed by atoms with van der Waals surface area (Å²) in [6.07, 6.45) is 8.01. The summed E-state index contributed by atoms with van der Waals surface area (Å²) in [6, 6.07) is 8.56. The zero-order valence-corrected chi connectivity index (χ0v) is 21.5. The first kappa shape index (κ1) is 25.5. The molecule has 2 fully saturated rings. The predicted octanol–water partition coefficient (Wildman–Crippen LogP) is 5.20. The molecule has 37 heavy (non-hydrogen) atoms. The molecule has 1 saturated heterocycles. The van der Waals surface area contributed by atoms with E-state index < -0.39 is 5.82 Å². The highest BCUT2D eigenvalue weighted by Gasteiger charge is 2.35. The van der Waals surface area contributed by atoms with Gasteiger partial charge in [-0.05, 0) is 63.3 Å². The number of nitrogens with two attached hydrogens (primary N) is 1. The number of ether oxygens (including phenoxy) is 2. The Labute approximate surface area is 220 Å². The number of nitrogens with one attached hydrogen (secondary N) is 1. The van der Waals surface area contributed by atoms with Crippen LogP contribution in [-0.4, -0.2) is 52.6 Å². The summed E-state index contributed by atoms with van der Waals surface area (Å²) in [5.41, 5.74) is 6.54. The second-order valence-corrected chi connectivity index (χ2v) is 10.1. The first-order valence-corrected chi connectivity index (χ1v) is 13.1. The lowest BCUT2D eigenvalue weighted by atomic mass is 9.88. The monoisotopic (exact) mass is 527 g/mol. The number of carbonyl (C=O) groups is 1. The Morgan fingerprint density at radius 3 is 2.70 bits per heavy atom. The molecule has 1 amide bonds. The molecule has 3 N–H and O–H groups in total. The van der Waals surface area contributed by atoms with Crippen LogP contribution in [0.2, 0.25) is 5.02 Å². The molecular formula is C27H31ClFN5O3. The molecule has 1 saturated carbocycles. The molecule has 8 nitrogen and oxygen atoms in total. The molecule has 2 aliphatic rings. The Balaban J connectivity index is 1.34. The van der Waals surface area contributed by atoms with Crippen molar-refractivity contribution in [3.05, 3.63) is 47.5 Å². The SMILES string of the molecule is COc1cc2ncnc(Nc3cccc(Cl)c3F)c2cc1O[C@H]1CC[C@@H](N2CCCC[C@H]2C(N)=O)CC1. The van der Waals surface area contributed by atoms with Gasteiger partial charge in [0.2, 0.25) is 5.91 Å². The molecule has 5 rings (SSSR count). The molecule has 0 unspecified atom stereocenters. The first-order valence-electron chi connectivity index (χ1n) is 12.7. The number of likely N-dealkylation sites (tertiary alicyclic amines) is 1. The van der Waals surface area contributed by atoms with E-state index in [4.69, 9.17) is 26.8 Å². The number of carbonyl (C=O) groups excluding carboxylic acids is 1. The Hall–Kier alpha value is -3.17. The molecule has 0 spiro atoms. The van der Waals surface area contributed by atoms with Gasteiger partial charge in [0.25, 0.3) is 0 Å². The van der Waals surface area contributed by atoms with Gasteiger partial charge in [0.05, 0.1) is 35.5 Å². The second-order valence-electron chi connectivity index (χ2n) is 9.67. The van der Waals surface area contributed by atoms with Gasteiger partial charge in [0.1, 0.15) is 12.1 Å². The van der Waals surface area contributed by atoms with Gasteiger partial charge in [-0.1, -0.05) is 24.1 Å². The fourth-order valence-electron chi connectivity index (χ4n) is 5.51. The predicted molar refractivity (Wildman–Crippen MR) is 141 cm³/mol. The average molecular weight is 528 g/mol. The molecule has 2 aromatic carbocycles. The molecule has 1 atom stereocenters. The minimum atomic E-state index is -0.551. The van der Waals surface area contributed by atoms with E-state index >= 15 is 0 Å². The van der Waals surface area contributed by atoms with Crippen LogP contribution in [0.25, 0.3) is 10.9 Å². The van der Waals surface area contributed by atoms with Crippen LogP contribution in [0.3, 0.4) is 0 Å². The number of piperidine rings is 1. The van der Waals surface area contributed by atoms with Crippen LogP contribution in [0.4, 0.5) is 15.9 Å². The largest absolute Gasteiger partial charge is 0.493 e. The van der Waals surface area contributed by atoms with E-state index in [-0.39, 0.29) is 28.8 Å². The normalized spacial score (nSPS) is 22.5. The van der Waals surface area contributed by atoms with Gasteiger partial charge in [0, 0.05) is 17.5 Å². The highest BCUT2D eigenvalue weighted by Crippen LogP contribution is 2.38. The van der Waals surface area contributed by atoms with Crippen molar-refractivity contribution in [2.45, 2.75) is 63.1 Å². The van der Waals surface area contributed by atoms with Crippen molar-refractivity contribution in [1.82, 2.24) is 14.9 Å². The molecule has 1 aliphatic carbocycles. The minimum Gasteiger partial charge on any atom is -0.493 e. The number of fused-ring (bicyclic) bond motifs is 1. The summed E-state index contributed by atoms with van der Waals surface area (Å²) in [5.74, 6) is 0.812. The lowest BCUT2D eigenvalue weighted by Crippen LogP contribution is -2.53. The van der Waals surface area contributed by atoms with Gasteiger partial charge in [-0.15, -0.1) is 0 Å². The number of nitrogens with zero attached hydrogens (tertiary/aromatic N) is 3. The fraction of sp³-hybridized carbons (Fsp3) is 0.444. The van der Waals surface area contributed by atoms with Gasteiger partial charge in [-0.2, -0.15) is 0 Å². The van der Waals surface area contributed by atoms with Crippen molar-refractivity contribution >= 4 is 39.9 Å². The van der Waals surface area contributed by atoms with Crippen molar-refractivity contribution in [3.63, 3.8) is 0 Å². The molecule has 196 valence electrons. The quantitative estimate of drug-likeness (QED) is 0.435. The smallest absolute Gasteiger partial charge is 0.234 e. The Kier molecular flexibility index (Phi) is 7.62. The van der Waals surface area contributed by atoms with Crippen LogP contribution >= 0.6 is 11.6 Å². The molecule has 1 aromatic heterocycles. The van der Waals surface area contributed by atoms with Crippen LogP contribution < -0.4 is 20.5 Å². The number of anilines is 2. The number of amides is 1. The summed E-state index contributed by atoms with van der Waals surface area (Å²) >= 11 is 5.94. The van der Waals surface area contributed by atoms with Crippen LogP contribution in [0.1, 0.15) is 44.9 Å². The van der Waals surface area contributed by atoms with Crippen molar-refractivity contribution in [2.24, 2.45) is 5.73 Å². The van der Waals surface area contributed by atoms with Crippen molar-refractivity contribution < 1.29 is 18.7 Å². The molecule has 0 bridgehead atoms. The van der Waals surface area contributed by atoms with Gasteiger partial charge in [-0.3, -0.25) is 9.69 Å². The maximum absolute atomic E-state index is 14.5.